The van der Waals surface area contributed by atoms with Gasteiger partial charge in [0, 0.05) is 29.4 Å². The molecule has 0 saturated carbocycles. The summed E-state index contributed by atoms with van der Waals surface area (Å²) >= 11 is 0. The Balaban J connectivity index is 1.65. The first-order chi connectivity index (χ1) is 14.0. The third-order valence-electron chi connectivity index (χ3n) is 4.87. The average Bonchev–Trinajstić information content (AvgIpc) is 3.40. The van der Waals surface area contributed by atoms with Gasteiger partial charge in [-0.3, -0.25) is 9.89 Å². The van der Waals surface area contributed by atoms with Crippen LogP contribution in [0.15, 0.2) is 47.1 Å². The van der Waals surface area contributed by atoms with E-state index in [2.05, 4.69) is 25.5 Å². The average molecular weight is 389 g/mol. The normalized spacial score (nSPS) is 11.4. The SMILES string of the molecule is Cc1nc(C(=O)Nc2cc(-c3cc(F)cc4[nH]ccc34)cc3[nH]ncc23)c(C)o1. The summed E-state index contributed by atoms with van der Waals surface area (Å²) in [6.07, 6.45) is 3.40. The van der Waals surface area contributed by atoms with Crippen LogP contribution >= 0.6 is 0 Å². The van der Waals surface area contributed by atoms with Crippen LogP contribution in [0.4, 0.5) is 10.1 Å². The van der Waals surface area contributed by atoms with Crippen molar-refractivity contribution in [3.8, 4) is 11.1 Å². The van der Waals surface area contributed by atoms with Gasteiger partial charge in [-0.15, -0.1) is 0 Å². The molecule has 7 nitrogen and oxygen atoms in total. The van der Waals surface area contributed by atoms with E-state index >= 15 is 0 Å². The molecule has 3 aromatic heterocycles. The van der Waals surface area contributed by atoms with Crippen LogP contribution < -0.4 is 5.32 Å². The largest absolute Gasteiger partial charge is 0.445 e. The van der Waals surface area contributed by atoms with Crippen molar-refractivity contribution in [1.29, 1.82) is 0 Å². The number of halogens is 1. The number of carbonyl (C=O) groups is 1. The van der Waals surface area contributed by atoms with E-state index in [1.807, 2.05) is 12.1 Å². The lowest BCUT2D eigenvalue weighted by Crippen LogP contribution is -2.14. The molecule has 0 radical (unpaired) electrons. The Bertz CT molecular complexity index is 1400. The number of hydrogen-bond acceptors (Lipinski definition) is 4. The molecule has 2 aromatic carbocycles. The molecule has 0 atom stereocenters. The molecule has 0 aliphatic rings. The van der Waals surface area contributed by atoms with E-state index in [-0.39, 0.29) is 17.4 Å². The van der Waals surface area contributed by atoms with Crippen LogP contribution in [0.5, 0.6) is 0 Å². The van der Waals surface area contributed by atoms with Crippen molar-refractivity contribution in [2.75, 3.05) is 5.32 Å². The summed E-state index contributed by atoms with van der Waals surface area (Å²) in [6, 6.07) is 8.50. The van der Waals surface area contributed by atoms with E-state index in [9.17, 15) is 9.18 Å². The highest BCUT2D eigenvalue weighted by Gasteiger charge is 2.18. The number of nitrogens with one attached hydrogen (secondary N) is 3. The molecule has 5 aromatic rings. The quantitative estimate of drug-likeness (QED) is 0.416. The van der Waals surface area contributed by atoms with Gasteiger partial charge in [0.15, 0.2) is 11.6 Å². The summed E-state index contributed by atoms with van der Waals surface area (Å²) in [7, 11) is 0. The van der Waals surface area contributed by atoms with Crippen LogP contribution in [0.25, 0.3) is 32.9 Å². The van der Waals surface area contributed by atoms with E-state index < -0.39 is 0 Å². The van der Waals surface area contributed by atoms with E-state index in [0.29, 0.717) is 28.4 Å². The molecule has 0 aliphatic heterocycles. The second-order valence-electron chi connectivity index (χ2n) is 6.84. The van der Waals surface area contributed by atoms with Gasteiger partial charge in [-0.1, -0.05) is 0 Å². The van der Waals surface area contributed by atoms with Gasteiger partial charge in [0.2, 0.25) is 0 Å². The van der Waals surface area contributed by atoms with Crippen LogP contribution in [0.3, 0.4) is 0 Å². The molecular weight excluding hydrogens is 373 g/mol. The van der Waals surface area contributed by atoms with Gasteiger partial charge in [0.1, 0.15) is 11.6 Å². The van der Waals surface area contributed by atoms with Gasteiger partial charge in [0.25, 0.3) is 5.91 Å². The summed E-state index contributed by atoms with van der Waals surface area (Å²) in [5, 5.41) is 11.5. The predicted molar refractivity (Wildman–Crippen MR) is 107 cm³/mol. The number of fused-ring (bicyclic) bond motifs is 2. The first kappa shape index (κ1) is 17.2. The molecular formula is C21H16FN5O2. The van der Waals surface area contributed by atoms with Crippen LogP contribution in [0.2, 0.25) is 0 Å². The third kappa shape index (κ3) is 2.85. The van der Waals surface area contributed by atoms with Crippen molar-refractivity contribution >= 4 is 33.4 Å². The summed E-state index contributed by atoms with van der Waals surface area (Å²) in [5.74, 6) is 0.132. The molecule has 8 heteroatoms. The number of amides is 1. The van der Waals surface area contributed by atoms with Gasteiger partial charge in [-0.05, 0) is 48.4 Å². The Hall–Kier alpha value is -3.94. The Labute approximate surface area is 164 Å². The number of aromatic nitrogens is 4. The molecule has 0 spiro atoms. The minimum atomic E-state index is -0.384. The smallest absolute Gasteiger partial charge is 0.277 e. The number of H-pyrrole nitrogens is 2. The molecule has 0 fully saturated rings. The Morgan fingerprint density at radius 3 is 2.79 bits per heavy atom. The van der Waals surface area contributed by atoms with E-state index in [0.717, 1.165) is 21.9 Å². The van der Waals surface area contributed by atoms with E-state index in [4.69, 9.17) is 4.42 Å². The van der Waals surface area contributed by atoms with Crippen LogP contribution in [-0.4, -0.2) is 26.1 Å². The second-order valence-corrected chi connectivity index (χ2v) is 6.84. The molecule has 3 N–H and O–H groups in total. The van der Waals surface area contributed by atoms with Crippen molar-refractivity contribution < 1.29 is 13.6 Å². The molecule has 29 heavy (non-hydrogen) atoms. The molecule has 0 unspecified atom stereocenters. The Morgan fingerprint density at radius 1 is 1.14 bits per heavy atom. The molecule has 3 heterocycles. The minimum absolute atomic E-state index is 0.225. The number of anilines is 1. The summed E-state index contributed by atoms with van der Waals surface area (Å²) in [6.45, 7) is 3.37. The summed E-state index contributed by atoms with van der Waals surface area (Å²) in [4.78, 5) is 19.9. The fraction of sp³-hybridized carbons (Fsp3) is 0.0952. The molecule has 0 aliphatic carbocycles. The molecule has 144 valence electrons. The standard InChI is InChI=1S/C21H16FN5O2/c1-10-20(25-11(2)29-10)21(28)26-18-5-12(6-19-16(18)9-24-27-19)15-7-13(22)8-17-14(15)3-4-23-17/h3-9,23H,1-2H3,(H,24,27)(H,26,28). The predicted octanol–water partition coefficient (Wildman–Crippen LogP) is 4.71. The van der Waals surface area contributed by atoms with E-state index in [1.165, 1.54) is 12.1 Å². The lowest BCUT2D eigenvalue weighted by molar-refractivity contribution is 0.102. The molecule has 0 bridgehead atoms. The zero-order valence-corrected chi connectivity index (χ0v) is 15.6. The zero-order chi connectivity index (χ0) is 20.1. The molecule has 5 rings (SSSR count). The van der Waals surface area contributed by atoms with Crippen molar-refractivity contribution in [2.24, 2.45) is 0 Å². The van der Waals surface area contributed by atoms with Crippen molar-refractivity contribution in [3.63, 3.8) is 0 Å². The second kappa shape index (κ2) is 6.30. The van der Waals surface area contributed by atoms with Gasteiger partial charge >= 0.3 is 0 Å². The number of hydrogen-bond donors (Lipinski definition) is 3. The zero-order valence-electron chi connectivity index (χ0n) is 15.6. The number of benzene rings is 2. The maximum absolute atomic E-state index is 14.2. The fourth-order valence-electron chi connectivity index (χ4n) is 3.60. The lowest BCUT2D eigenvalue weighted by Gasteiger charge is -2.10. The van der Waals surface area contributed by atoms with Crippen LogP contribution in [-0.2, 0) is 0 Å². The van der Waals surface area contributed by atoms with Gasteiger partial charge in [0.05, 0.1) is 17.4 Å². The van der Waals surface area contributed by atoms with Crippen molar-refractivity contribution in [1.82, 2.24) is 20.2 Å². The maximum atomic E-state index is 14.2. The van der Waals surface area contributed by atoms with Crippen LogP contribution in [0.1, 0.15) is 22.1 Å². The molecule has 0 saturated heterocycles. The van der Waals surface area contributed by atoms with Gasteiger partial charge in [-0.25, -0.2) is 9.37 Å². The number of aromatic amines is 2. The molecule has 1 amide bonds. The highest BCUT2D eigenvalue weighted by atomic mass is 19.1. The first-order valence-electron chi connectivity index (χ1n) is 8.99. The number of carbonyl (C=O) groups excluding carboxylic acids is 1. The number of nitrogens with zero attached hydrogens (tertiary/aromatic N) is 2. The lowest BCUT2D eigenvalue weighted by atomic mass is 9.99. The third-order valence-corrected chi connectivity index (χ3v) is 4.87. The summed E-state index contributed by atoms with van der Waals surface area (Å²) < 4.78 is 19.5. The fourth-order valence-corrected chi connectivity index (χ4v) is 3.60. The summed E-state index contributed by atoms with van der Waals surface area (Å²) in [5.41, 5.74) is 3.64. The topological polar surface area (TPSA) is 99.6 Å². The van der Waals surface area contributed by atoms with Crippen molar-refractivity contribution in [2.45, 2.75) is 13.8 Å². The first-order valence-corrected chi connectivity index (χ1v) is 8.99. The Kier molecular flexibility index (Phi) is 3.73. The Morgan fingerprint density at radius 2 is 2.00 bits per heavy atom. The number of aryl methyl sites for hydroxylation is 2. The van der Waals surface area contributed by atoms with Crippen LogP contribution in [0, 0.1) is 19.7 Å². The number of rotatable bonds is 3. The number of oxazole rings is 1. The van der Waals surface area contributed by atoms with E-state index in [1.54, 1.807) is 32.3 Å². The minimum Gasteiger partial charge on any atom is -0.445 e. The highest BCUT2D eigenvalue weighted by Crippen LogP contribution is 2.34. The van der Waals surface area contributed by atoms with Gasteiger partial charge < -0.3 is 14.7 Å². The van der Waals surface area contributed by atoms with Crippen molar-refractivity contribution in [3.05, 3.63) is 65.9 Å². The maximum Gasteiger partial charge on any atom is 0.277 e. The monoisotopic (exact) mass is 389 g/mol. The van der Waals surface area contributed by atoms with Gasteiger partial charge in [-0.2, -0.15) is 5.10 Å². The highest BCUT2D eigenvalue weighted by molar-refractivity contribution is 6.10.